The van der Waals surface area contributed by atoms with E-state index in [1.807, 2.05) is 39.0 Å². The predicted octanol–water partition coefficient (Wildman–Crippen LogP) is 3.26. The van der Waals surface area contributed by atoms with Crippen molar-refractivity contribution in [1.82, 2.24) is 0 Å². The molecular formula is C10H13O. The van der Waals surface area contributed by atoms with Crippen LogP contribution in [0.2, 0.25) is 0 Å². The molecule has 1 aromatic rings. The molecule has 0 heterocycles. The summed E-state index contributed by atoms with van der Waals surface area (Å²) < 4.78 is 0. The average molecular weight is 149 g/mol. The van der Waals surface area contributed by atoms with E-state index in [1.165, 1.54) is 0 Å². The standard InChI is InChI=1S/C10H13O/c1-7(2)9-6-4-5-8(3)10(9)11/h4-7H,1-3H3. The quantitative estimate of drug-likeness (QED) is 0.584. The van der Waals surface area contributed by atoms with Gasteiger partial charge >= 0.3 is 0 Å². The summed E-state index contributed by atoms with van der Waals surface area (Å²) in [6.07, 6.45) is 0. The van der Waals surface area contributed by atoms with Crippen LogP contribution in [-0.2, 0) is 5.11 Å². The number of benzene rings is 1. The molecule has 0 atom stereocenters. The second-order valence-electron chi connectivity index (χ2n) is 3.15. The first-order valence-electron chi connectivity index (χ1n) is 3.89. The summed E-state index contributed by atoms with van der Waals surface area (Å²) in [7, 11) is 0. The minimum atomic E-state index is 0.197. The van der Waals surface area contributed by atoms with Gasteiger partial charge in [0.2, 0.25) is 0 Å². The van der Waals surface area contributed by atoms with Crippen molar-refractivity contribution in [2.45, 2.75) is 26.7 Å². The highest BCUT2D eigenvalue weighted by Gasteiger charge is 2.07. The van der Waals surface area contributed by atoms with Gasteiger partial charge in [-0.15, -0.1) is 0 Å². The highest BCUT2D eigenvalue weighted by atomic mass is 16.3. The summed E-state index contributed by atoms with van der Waals surface area (Å²) in [4.78, 5) is 0. The molecular weight excluding hydrogens is 136 g/mol. The Balaban J connectivity index is 3.17. The van der Waals surface area contributed by atoms with E-state index in [2.05, 4.69) is 0 Å². The Kier molecular flexibility index (Phi) is 2.18. The van der Waals surface area contributed by atoms with E-state index in [1.54, 1.807) is 0 Å². The van der Waals surface area contributed by atoms with E-state index >= 15 is 0 Å². The van der Waals surface area contributed by atoms with Crippen LogP contribution >= 0.6 is 0 Å². The molecule has 59 valence electrons. The second kappa shape index (κ2) is 2.95. The molecule has 0 bridgehead atoms. The van der Waals surface area contributed by atoms with Gasteiger partial charge in [-0.3, -0.25) is 5.11 Å². The maximum absolute atomic E-state index is 11.4. The van der Waals surface area contributed by atoms with E-state index in [0.29, 0.717) is 5.92 Å². The fraction of sp³-hybridized carbons (Fsp3) is 0.400. The third-order valence-electron chi connectivity index (χ3n) is 1.86. The van der Waals surface area contributed by atoms with Gasteiger partial charge in [-0.25, -0.2) is 0 Å². The predicted molar refractivity (Wildman–Crippen MR) is 45.4 cm³/mol. The first-order chi connectivity index (χ1) is 5.13. The molecule has 0 aliphatic carbocycles. The van der Waals surface area contributed by atoms with Gasteiger partial charge in [0.15, 0.2) is 5.75 Å². The lowest BCUT2D eigenvalue weighted by Gasteiger charge is -2.06. The molecule has 0 unspecified atom stereocenters. The molecule has 0 spiro atoms. The minimum absolute atomic E-state index is 0.197. The lowest BCUT2D eigenvalue weighted by atomic mass is 10.00. The fourth-order valence-electron chi connectivity index (χ4n) is 1.13. The maximum Gasteiger partial charge on any atom is 0.184 e. The molecule has 0 saturated heterocycles. The largest absolute Gasteiger partial charge is 0.289 e. The van der Waals surface area contributed by atoms with Gasteiger partial charge in [-0.05, 0) is 18.4 Å². The number of rotatable bonds is 1. The maximum atomic E-state index is 11.4. The van der Waals surface area contributed by atoms with E-state index in [-0.39, 0.29) is 5.75 Å². The van der Waals surface area contributed by atoms with Crippen molar-refractivity contribution in [3.05, 3.63) is 29.3 Å². The van der Waals surface area contributed by atoms with Crippen molar-refractivity contribution < 1.29 is 5.11 Å². The molecule has 0 aliphatic rings. The Morgan fingerprint density at radius 1 is 1.27 bits per heavy atom. The molecule has 1 heteroatoms. The lowest BCUT2D eigenvalue weighted by Crippen LogP contribution is -1.88. The second-order valence-corrected chi connectivity index (χ2v) is 3.15. The zero-order chi connectivity index (χ0) is 8.43. The highest BCUT2D eigenvalue weighted by Crippen LogP contribution is 2.28. The fourth-order valence-corrected chi connectivity index (χ4v) is 1.13. The van der Waals surface area contributed by atoms with Gasteiger partial charge in [0.25, 0.3) is 0 Å². The molecule has 11 heavy (non-hydrogen) atoms. The summed E-state index contributed by atoms with van der Waals surface area (Å²) >= 11 is 0. The third kappa shape index (κ3) is 1.53. The van der Waals surface area contributed by atoms with Crippen LogP contribution in [0.1, 0.15) is 30.9 Å². The molecule has 0 aromatic heterocycles. The van der Waals surface area contributed by atoms with Crippen molar-refractivity contribution in [2.24, 2.45) is 0 Å². The summed E-state index contributed by atoms with van der Waals surface area (Å²) in [5.74, 6) is 0.532. The van der Waals surface area contributed by atoms with Crippen molar-refractivity contribution in [3.63, 3.8) is 0 Å². The van der Waals surface area contributed by atoms with Gasteiger partial charge in [0.1, 0.15) is 0 Å². The SMILES string of the molecule is Cc1cccc(C(C)C)c1[O]. The van der Waals surface area contributed by atoms with E-state index in [0.717, 1.165) is 11.1 Å². The Morgan fingerprint density at radius 3 is 2.36 bits per heavy atom. The number of para-hydroxylation sites is 1. The van der Waals surface area contributed by atoms with Gasteiger partial charge in [0.05, 0.1) is 0 Å². The van der Waals surface area contributed by atoms with Crippen molar-refractivity contribution in [2.75, 3.05) is 0 Å². The topological polar surface area (TPSA) is 19.9 Å². The van der Waals surface area contributed by atoms with Gasteiger partial charge in [0, 0.05) is 5.56 Å². The lowest BCUT2D eigenvalue weighted by molar-refractivity contribution is 0.345. The molecule has 1 nitrogen and oxygen atoms in total. The molecule has 0 fully saturated rings. The average Bonchev–Trinajstić information content (AvgIpc) is 1.94. The molecule has 0 aliphatic heterocycles. The van der Waals surface area contributed by atoms with Crippen LogP contribution in [0.15, 0.2) is 18.2 Å². The van der Waals surface area contributed by atoms with Crippen LogP contribution in [-0.4, -0.2) is 0 Å². The zero-order valence-electron chi connectivity index (χ0n) is 7.22. The molecule has 1 rings (SSSR count). The zero-order valence-corrected chi connectivity index (χ0v) is 7.22. The smallest absolute Gasteiger partial charge is 0.184 e. The van der Waals surface area contributed by atoms with Crippen molar-refractivity contribution >= 4 is 0 Å². The monoisotopic (exact) mass is 149 g/mol. The van der Waals surface area contributed by atoms with Crippen LogP contribution in [0.25, 0.3) is 0 Å². The number of aryl methyl sites for hydroxylation is 1. The van der Waals surface area contributed by atoms with Crippen LogP contribution in [0.5, 0.6) is 5.75 Å². The molecule has 0 amide bonds. The summed E-state index contributed by atoms with van der Waals surface area (Å²) in [6.45, 7) is 5.93. The van der Waals surface area contributed by atoms with Gasteiger partial charge in [-0.1, -0.05) is 32.0 Å². The van der Waals surface area contributed by atoms with Crippen LogP contribution in [0.4, 0.5) is 0 Å². The first kappa shape index (κ1) is 8.12. The Hall–Kier alpha value is -0.980. The van der Waals surface area contributed by atoms with Gasteiger partial charge in [-0.2, -0.15) is 0 Å². The van der Waals surface area contributed by atoms with Gasteiger partial charge < -0.3 is 0 Å². The summed E-state index contributed by atoms with van der Waals surface area (Å²) in [5, 5.41) is 11.4. The van der Waals surface area contributed by atoms with Crippen LogP contribution in [0.3, 0.4) is 0 Å². The summed E-state index contributed by atoms with van der Waals surface area (Å²) in [5.41, 5.74) is 1.77. The van der Waals surface area contributed by atoms with Crippen LogP contribution < -0.4 is 0 Å². The minimum Gasteiger partial charge on any atom is -0.289 e. The Bertz CT molecular complexity index is 251. The number of hydrogen-bond acceptors (Lipinski definition) is 0. The van der Waals surface area contributed by atoms with Crippen molar-refractivity contribution in [3.8, 4) is 5.75 Å². The third-order valence-corrected chi connectivity index (χ3v) is 1.86. The molecule has 1 aromatic carbocycles. The molecule has 0 saturated carbocycles. The Morgan fingerprint density at radius 2 is 1.91 bits per heavy atom. The normalized spacial score (nSPS) is 10.5. The molecule has 1 radical (unpaired) electrons. The van der Waals surface area contributed by atoms with E-state index in [4.69, 9.17) is 0 Å². The first-order valence-corrected chi connectivity index (χ1v) is 3.89. The molecule has 0 N–H and O–H groups in total. The Labute approximate surface area is 67.7 Å². The van der Waals surface area contributed by atoms with E-state index < -0.39 is 0 Å². The number of hydrogen-bond donors (Lipinski definition) is 0. The van der Waals surface area contributed by atoms with E-state index in [9.17, 15) is 5.11 Å². The summed E-state index contributed by atoms with van der Waals surface area (Å²) in [6, 6.07) is 5.69. The highest BCUT2D eigenvalue weighted by molar-refractivity contribution is 5.40. The van der Waals surface area contributed by atoms with Crippen molar-refractivity contribution in [1.29, 1.82) is 0 Å². The van der Waals surface area contributed by atoms with Crippen LogP contribution in [0, 0.1) is 6.92 Å².